The summed E-state index contributed by atoms with van der Waals surface area (Å²) in [7, 11) is 0. The molecule has 1 aromatic rings. The molecule has 1 atom stereocenters. The summed E-state index contributed by atoms with van der Waals surface area (Å²) in [5.74, 6) is -1.15. The zero-order chi connectivity index (χ0) is 10.8. The Labute approximate surface area is 92.4 Å². The third-order valence-electron chi connectivity index (χ3n) is 2.74. The lowest BCUT2D eigenvalue weighted by Crippen LogP contribution is -2.28. The van der Waals surface area contributed by atoms with Crippen molar-refractivity contribution in [1.29, 1.82) is 0 Å². The third kappa shape index (κ3) is 2.13. The van der Waals surface area contributed by atoms with Crippen LogP contribution in [0.1, 0.15) is 30.9 Å². The molecule has 0 spiro atoms. The smallest absolute Gasteiger partial charge is 0.149 e. The van der Waals surface area contributed by atoms with Crippen LogP contribution in [0.2, 0.25) is 5.02 Å². The monoisotopic (exact) mass is 231 g/mol. The Morgan fingerprint density at radius 3 is 2.73 bits per heavy atom. The van der Waals surface area contributed by atoms with Gasteiger partial charge >= 0.3 is 0 Å². The lowest BCUT2D eigenvalue weighted by atomic mass is 9.96. The van der Waals surface area contributed by atoms with E-state index in [-0.39, 0.29) is 16.6 Å². The van der Waals surface area contributed by atoms with Gasteiger partial charge in [-0.15, -0.1) is 0 Å². The van der Waals surface area contributed by atoms with E-state index in [0.717, 1.165) is 25.8 Å². The first-order valence-corrected chi connectivity index (χ1v) is 5.44. The molecule has 0 bridgehead atoms. The second kappa shape index (κ2) is 4.45. The second-order valence-corrected chi connectivity index (χ2v) is 4.17. The van der Waals surface area contributed by atoms with E-state index < -0.39 is 11.6 Å². The maximum absolute atomic E-state index is 13.6. The van der Waals surface area contributed by atoms with Crippen LogP contribution in [-0.2, 0) is 0 Å². The van der Waals surface area contributed by atoms with Crippen LogP contribution >= 0.6 is 11.6 Å². The molecule has 1 N–H and O–H groups in total. The van der Waals surface area contributed by atoms with Crippen molar-refractivity contribution >= 4 is 11.6 Å². The molecule has 2 rings (SSSR count). The lowest BCUT2D eigenvalue weighted by Gasteiger charge is -2.24. The molecule has 1 heterocycles. The van der Waals surface area contributed by atoms with Crippen molar-refractivity contribution in [1.82, 2.24) is 5.32 Å². The van der Waals surface area contributed by atoms with Crippen molar-refractivity contribution in [2.24, 2.45) is 0 Å². The molecule has 1 saturated heterocycles. The van der Waals surface area contributed by atoms with Gasteiger partial charge in [0.1, 0.15) is 11.6 Å². The van der Waals surface area contributed by atoms with Crippen molar-refractivity contribution < 1.29 is 8.78 Å². The molecule has 1 fully saturated rings. The maximum atomic E-state index is 13.6. The van der Waals surface area contributed by atoms with Gasteiger partial charge in [0.05, 0.1) is 5.02 Å². The van der Waals surface area contributed by atoms with Crippen LogP contribution in [0.15, 0.2) is 12.1 Å². The molecule has 15 heavy (non-hydrogen) atoms. The first kappa shape index (κ1) is 10.8. The molecule has 1 aliphatic heterocycles. The number of rotatable bonds is 1. The van der Waals surface area contributed by atoms with Gasteiger partial charge in [-0.1, -0.05) is 18.0 Å². The standard InChI is InChI=1S/C11H12ClF2N/c12-7-4-5-8(13)10(11(7)14)9-3-1-2-6-15-9/h4-5,9,15H,1-3,6H2/t9-/m1/s1. The number of halogens is 3. The fourth-order valence-corrected chi connectivity index (χ4v) is 2.13. The van der Waals surface area contributed by atoms with E-state index in [0.29, 0.717) is 0 Å². The van der Waals surface area contributed by atoms with Gasteiger partial charge in [0.2, 0.25) is 0 Å². The molecule has 0 amide bonds. The fourth-order valence-electron chi connectivity index (χ4n) is 1.96. The summed E-state index contributed by atoms with van der Waals surface area (Å²) in [5, 5.41) is 3.09. The predicted molar refractivity (Wildman–Crippen MR) is 56.0 cm³/mol. The van der Waals surface area contributed by atoms with Gasteiger partial charge < -0.3 is 5.32 Å². The summed E-state index contributed by atoms with van der Waals surface area (Å²) in [6.07, 6.45) is 2.80. The van der Waals surface area contributed by atoms with Crippen molar-refractivity contribution in [3.63, 3.8) is 0 Å². The molecular weight excluding hydrogens is 220 g/mol. The largest absolute Gasteiger partial charge is 0.310 e. The van der Waals surface area contributed by atoms with E-state index >= 15 is 0 Å². The zero-order valence-corrected chi connectivity index (χ0v) is 8.95. The van der Waals surface area contributed by atoms with E-state index in [4.69, 9.17) is 11.6 Å². The Morgan fingerprint density at radius 2 is 2.07 bits per heavy atom. The molecule has 1 nitrogen and oxygen atoms in total. The van der Waals surface area contributed by atoms with Gasteiger partial charge in [0, 0.05) is 11.6 Å². The topological polar surface area (TPSA) is 12.0 Å². The van der Waals surface area contributed by atoms with Crippen molar-refractivity contribution in [2.75, 3.05) is 6.54 Å². The Hall–Kier alpha value is -0.670. The van der Waals surface area contributed by atoms with E-state index in [1.54, 1.807) is 0 Å². The van der Waals surface area contributed by atoms with Crippen molar-refractivity contribution in [3.8, 4) is 0 Å². The van der Waals surface area contributed by atoms with Gasteiger partial charge in [-0.3, -0.25) is 0 Å². The number of hydrogen-bond acceptors (Lipinski definition) is 1. The highest BCUT2D eigenvalue weighted by Gasteiger charge is 2.23. The quantitative estimate of drug-likeness (QED) is 0.731. The van der Waals surface area contributed by atoms with Gasteiger partial charge in [-0.2, -0.15) is 0 Å². The molecule has 1 aliphatic rings. The van der Waals surface area contributed by atoms with Crippen LogP contribution in [0.25, 0.3) is 0 Å². The molecule has 0 radical (unpaired) electrons. The van der Waals surface area contributed by atoms with E-state index in [2.05, 4.69) is 5.32 Å². The Bertz CT molecular complexity index is 362. The lowest BCUT2D eigenvalue weighted by molar-refractivity contribution is 0.385. The molecular formula is C11H12ClF2N. The van der Waals surface area contributed by atoms with Crippen LogP contribution in [0.3, 0.4) is 0 Å². The summed E-state index contributed by atoms with van der Waals surface area (Å²) >= 11 is 5.64. The molecule has 1 aromatic carbocycles. The Morgan fingerprint density at radius 1 is 1.27 bits per heavy atom. The van der Waals surface area contributed by atoms with E-state index in [1.165, 1.54) is 12.1 Å². The van der Waals surface area contributed by atoms with Gasteiger partial charge in [-0.25, -0.2) is 8.78 Å². The second-order valence-electron chi connectivity index (χ2n) is 3.76. The van der Waals surface area contributed by atoms with Crippen LogP contribution in [0, 0.1) is 11.6 Å². The predicted octanol–water partition coefficient (Wildman–Crippen LogP) is 3.43. The average molecular weight is 232 g/mol. The molecule has 4 heteroatoms. The summed E-state index contributed by atoms with van der Waals surface area (Å²) in [6, 6.07) is 2.23. The molecule has 0 aliphatic carbocycles. The summed E-state index contributed by atoms with van der Waals surface area (Å²) in [5.41, 5.74) is 0.0854. The first-order valence-electron chi connectivity index (χ1n) is 5.07. The maximum Gasteiger partial charge on any atom is 0.149 e. The normalized spacial score (nSPS) is 21.7. The highest BCUT2D eigenvalue weighted by Crippen LogP contribution is 2.30. The van der Waals surface area contributed by atoms with Gasteiger partial charge in [-0.05, 0) is 31.5 Å². The van der Waals surface area contributed by atoms with Gasteiger partial charge in [0.15, 0.2) is 0 Å². The average Bonchev–Trinajstić information content (AvgIpc) is 2.26. The Balaban J connectivity index is 2.36. The van der Waals surface area contributed by atoms with E-state index in [9.17, 15) is 8.78 Å². The first-order chi connectivity index (χ1) is 7.20. The summed E-state index contributed by atoms with van der Waals surface area (Å²) in [6.45, 7) is 0.802. The summed E-state index contributed by atoms with van der Waals surface area (Å²) in [4.78, 5) is 0. The highest BCUT2D eigenvalue weighted by molar-refractivity contribution is 6.30. The number of hydrogen-bond donors (Lipinski definition) is 1. The minimum Gasteiger partial charge on any atom is -0.310 e. The SMILES string of the molecule is Fc1ccc(Cl)c(F)c1[C@H]1CCCCN1. The van der Waals surface area contributed by atoms with Crippen LogP contribution in [0.4, 0.5) is 8.78 Å². The zero-order valence-electron chi connectivity index (χ0n) is 8.19. The van der Waals surface area contributed by atoms with Crippen molar-refractivity contribution in [3.05, 3.63) is 34.4 Å². The summed E-state index contributed by atoms with van der Waals surface area (Å²) < 4.78 is 27.1. The van der Waals surface area contributed by atoms with E-state index in [1.807, 2.05) is 0 Å². The van der Waals surface area contributed by atoms with Crippen LogP contribution in [-0.4, -0.2) is 6.54 Å². The molecule has 0 aromatic heterocycles. The molecule has 0 unspecified atom stereocenters. The van der Waals surface area contributed by atoms with Crippen LogP contribution < -0.4 is 5.32 Å². The highest BCUT2D eigenvalue weighted by atomic mass is 35.5. The molecule has 82 valence electrons. The third-order valence-corrected chi connectivity index (χ3v) is 3.03. The minimum atomic E-state index is -0.629. The molecule has 0 saturated carbocycles. The number of nitrogens with one attached hydrogen (secondary N) is 1. The van der Waals surface area contributed by atoms with Gasteiger partial charge in [0.25, 0.3) is 0 Å². The van der Waals surface area contributed by atoms with Crippen molar-refractivity contribution in [2.45, 2.75) is 25.3 Å². The van der Waals surface area contributed by atoms with Crippen LogP contribution in [0.5, 0.6) is 0 Å². The minimum absolute atomic E-state index is 0.0150. The number of piperidine rings is 1. The Kier molecular flexibility index (Phi) is 3.22. The number of benzene rings is 1. The fraction of sp³-hybridized carbons (Fsp3) is 0.455.